The number of nitrogens with two attached hydrogens (primary N) is 1. The van der Waals surface area contributed by atoms with E-state index in [1.165, 1.54) is 12.1 Å². The number of hydrogen-bond donors (Lipinski definition) is 2. The Labute approximate surface area is 126 Å². The topological polar surface area (TPSA) is 51.2 Å². The molecule has 1 unspecified atom stereocenters. The highest BCUT2D eigenvalue weighted by atomic mass is 35.5. The molecule has 1 heterocycles. The number of hydrazine groups is 1. The van der Waals surface area contributed by atoms with Gasteiger partial charge in [-0.25, -0.2) is 9.82 Å². The maximum absolute atomic E-state index is 13.8. The first-order chi connectivity index (χ1) is 10.2. The number of benzene rings is 2. The Morgan fingerprint density at radius 2 is 2.00 bits per heavy atom. The van der Waals surface area contributed by atoms with Gasteiger partial charge < -0.3 is 4.42 Å². The molecule has 1 aromatic heterocycles. The molecule has 0 saturated carbocycles. The maximum atomic E-state index is 13.8. The summed E-state index contributed by atoms with van der Waals surface area (Å²) in [5.41, 5.74) is 3.94. The molecule has 5 heteroatoms. The van der Waals surface area contributed by atoms with Crippen molar-refractivity contribution >= 4 is 22.6 Å². The maximum Gasteiger partial charge on any atom is 0.134 e. The second-order valence-corrected chi connectivity index (χ2v) is 5.28. The van der Waals surface area contributed by atoms with Crippen molar-refractivity contribution in [3.05, 3.63) is 70.7 Å². The molecule has 108 valence electrons. The van der Waals surface area contributed by atoms with Crippen LogP contribution in [0, 0.1) is 5.82 Å². The zero-order valence-electron chi connectivity index (χ0n) is 11.1. The monoisotopic (exact) mass is 304 g/mol. The summed E-state index contributed by atoms with van der Waals surface area (Å²) in [7, 11) is 0. The van der Waals surface area contributed by atoms with Crippen molar-refractivity contribution < 1.29 is 8.81 Å². The van der Waals surface area contributed by atoms with E-state index in [2.05, 4.69) is 5.43 Å². The lowest BCUT2D eigenvalue weighted by atomic mass is 10.0. The van der Waals surface area contributed by atoms with Crippen LogP contribution < -0.4 is 11.3 Å². The van der Waals surface area contributed by atoms with Crippen molar-refractivity contribution in [1.29, 1.82) is 0 Å². The summed E-state index contributed by atoms with van der Waals surface area (Å²) < 4.78 is 19.6. The molecule has 2 aromatic carbocycles. The first-order valence-corrected chi connectivity index (χ1v) is 6.93. The minimum absolute atomic E-state index is 0.309. The molecule has 0 radical (unpaired) electrons. The number of fused-ring (bicyclic) bond motifs is 1. The molecule has 0 amide bonds. The number of rotatable bonds is 4. The Morgan fingerprint density at radius 1 is 1.19 bits per heavy atom. The Bertz CT molecular complexity index is 739. The highest BCUT2D eigenvalue weighted by molar-refractivity contribution is 6.30. The van der Waals surface area contributed by atoms with E-state index >= 15 is 0 Å². The summed E-state index contributed by atoms with van der Waals surface area (Å²) in [6, 6.07) is 13.7. The van der Waals surface area contributed by atoms with Crippen molar-refractivity contribution in [1.82, 2.24) is 5.43 Å². The molecule has 0 aliphatic rings. The van der Waals surface area contributed by atoms with Gasteiger partial charge in [0.2, 0.25) is 0 Å². The average molecular weight is 305 g/mol. The third kappa shape index (κ3) is 2.93. The smallest absolute Gasteiger partial charge is 0.134 e. The molecular formula is C16H14ClFN2O. The van der Waals surface area contributed by atoms with Crippen molar-refractivity contribution in [2.24, 2.45) is 5.84 Å². The van der Waals surface area contributed by atoms with E-state index in [1.807, 2.05) is 30.3 Å². The lowest BCUT2D eigenvalue weighted by molar-refractivity contribution is 0.429. The van der Waals surface area contributed by atoms with Crippen molar-refractivity contribution in [3.8, 4) is 0 Å². The number of hydrogen-bond acceptors (Lipinski definition) is 3. The van der Waals surface area contributed by atoms with Gasteiger partial charge in [0.1, 0.15) is 17.2 Å². The molecule has 21 heavy (non-hydrogen) atoms. The second kappa shape index (κ2) is 5.85. The number of para-hydroxylation sites is 1. The molecule has 0 bridgehead atoms. The Hall–Kier alpha value is -1.88. The largest absolute Gasteiger partial charge is 0.459 e. The van der Waals surface area contributed by atoms with E-state index in [1.54, 1.807) is 6.07 Å². The van der Waals surface area contributed by atoms with Gasteiger partial charge in [0.25, 0.3) is 0 Å². The Balaban J connectivity index is 1.92. The van der Waals surface area contributed by atoms with Crippen LogP contribution in [0.25, 0.3) is 11.0 Å². The number of furan rings is 1. The summed E-state index contributed by atoms with van der Waals surface area (Å²) in [6.45, 7) is 0. The first kappa shape index (κ1) is 14.1. The molecule has 3 rings (SSSR count). The lowest BCUT2D eigenvalue weighted by Crippen LogP contribution is -2.29. The van der Waals surface area contributed by atoms with Gasteiger partial charge in [-0.2, -0.15) is 0 Å². The summed E-state index contributed by atoms with van der Waals surface area (Å²) in [4.78, 5) is 0. The Morgan fingerprint density at radius 3 is 2.76 bits per heavy atom. The van der Waals surface area contributed by atoms with Gasteiger partial charge in [-0.1, -0.05) is 29.8 Å². The second-order valence-electron chi connectivity index (χ2n) is 4.85. The minimum Gasteiger partial charge on any atom is -0.459 e. The van der Waals surface area contributed by atoms with Crippen molar-refractivity contribution in [3.63, 3.8) is 0 Å². The van der Waals surface area contributed by atoms with Gasteiger partial charge in [0, 0.05) is 10.4 Å². The first-order valence-electron chi connectivity index (χ1n) is 6.56. The molecule has 0 aliphatic carbocycles. The van der Waals surface area contributed by atoms with Gasteiger partial charge in [0.05, 0.1) is 6.04 Å². The number of nitrogens with one attached hydrogen (secondary N) is 1. The zero-order valence-corrected chi connectivity index (χ0v) is 11.9. The van der Waals surface area contributed by atoms with Crippen LogP contribution in [0.15, 0.2) is 52.9 Å². The molecule has 3 nitrogen and oxygen atoms in total. The standard InChI is InChI=1S/C16H14ClFN2O/c17-12-5-6-13(18)11(7-12)8-14(20-19)16-9-10-3-1-2-4-15(10)21-16/h1-7,9,14,20H,8,19H2. The highest BCUT2D eigenvalue weighted by Gasteiger charge is 2.17. The van der Waals surface area contributed by atoms with E-state index in [-0.39, 0.29) is 11.9 Å². The van der Waals surface area contributed by atoms with Crippen molar-refractivity contribution in [2.45, 2.75) is 12.5 Å². The molecule has 0 saturated heterocycles. The highest BCUT2D eigenvalue weighted by Crippen LogP contribution is 2.27. The molecule has 1 atom stereocenters. The van der Waals surface area contributed by atoms with Gasteiger partial charge in [-0.15, -0.1) is 0 Å². The fourth-order valence-corrected chi connectivity index (χ4v) is 2.53. The van der Waals surface area contributed by atoms with Crippen LogP contribution in [0.4, 0.5) is 4.39 Å². The quantitative estimate of drug-likeness (QED) is 0.566. The predicted octanol–water partition coefficient (Wildman–Crippen LogP) is 3.97. The van der Waals surface area contributed by atoms with Gasteiger partial charge in [0.15, 0.2) is 0 Å². The molecular weight excluding hydrogens is 291 g/mol. The average Bonchev–Trinajstić information content (AvgIpc) is 2.91. The molecule has 0 fully saturated rings. The summed E-state index contributed by atoms with van der Waals surface area (Å²) in [6.07, 6.45) is 0.350. The normalized spacial score (nSPS) is 12.7. The van der Waals surface area contributed by atoms with Crippen molar-refractivity contribution in [2.75, 3.05) is 0 Å². The van der Waals surface area contributed by atoms with Crippen LogP contribution in [-0.4, -0.2) is 0 Å². The number of halogens is 2. The van der Waals surface area contributed by atoms with Crippen LogP contribution >= 0.6 is 11.6 Å². The Kier molecular flexibility index (Phi) is 3.92. The third-order valence-electron chi connectivity index (χ3n) is 3.42. The van der Waals surface area contributed by atoms with E-state index < -0.39 is 0 Å². The van der Waals surface area contributed by atoms with E-state index in [0.29, 0.717) is 22.8 Å². The van der Waals surface area contributed by atoms with E-state index in [9.17, 15) is 4.39 Å². The third-order valence-corrected chi connectivity index (χ3v) is 3.66. The fraction of sp³-hybridized carbons (Fsp3) is 0.125. The lowest BCUT2D eigenvalue weighted by Gasteiger charge is -2.14. The van der Waals surface area contributed by atoms with Crippen LogP contribution in [0.3, 0.4) is 0 Å². The zero-order chi connectivity index (χ0) is 14.8. The molecule has 0 aliphatic heterocycles. The summed E-state index contributed by atoms with van der Waals surface area (Å²) >= 11 is 5.91. The fourth-order valence-electron chi connectivity index (χ4n) is 2.34. The molecule has 3 N–H and O–H groups in total. The van der Waals surface area contributed by atoms with Gasteiger partial charge in [-0.05, 0) is 42.3 Å². The summed E-state index contributed by atoms with van der Waals surface area (Å²) in [5, 5.41) is 1.48. The van der Waals surface area contributed by atoms with Crippen LogP contribution in [0.5, 0.6) is 0 Å². The molecule has 3 aromatic rings. The van der Waals surface area contributed by atoms with Gasteiger partial charge >= 0.3 is 0 Å². The van der Waals surface area contributed by atoms with E-state index in [0.717, 1.165) is 11.0 Å². The molecule has 0 spiro atoms. The minimum atomic E-state index is -0.328. The summed E-state index contributed by atoms with van der Waals surface area (Å²) in [5.74, 6) is 5.95. The van der Waals surface area contributed by atoms with Gasteiger partial charge in [-0.3, -0.25) is 5.84 Å². The van der Waals surface area contributed by atoms with Crippen LogP contribution in [0.1, 0.15) is 17.4 Å². The van der Waals surface area contributed by atoms with Crippen LogP contribution in [-0.2, 0) is 6.42 Å². The SMILES string of the molecule is NNC(Cc1cc(Cl)ccc1F)c1cc2ccccc2o1. The predicted molar refractivity (Wildman–Crippen MR) is 81.4 cm³/mol. The van der Waals surface area contributed by atoms with E-state index in [4.69, 9.17) is 21.9 Å². The van der Waals surface area contributed by atoms with Crippen LogP contribution in [0.2, 0.25) is 5.02 Å².